The Kier molecular flexibility index (Phi) is 5.02. The van der Waals surface area contributed by atoms with Crippen LogP contribution in [0.4, 0.5) is 0 Å². The van der Waals surface area contributed by atoms with Gasteiger partial charge in [0.1, 0.15) is 0 Å². The summed E-state index contributed by atoms with van der Waals surface area (Å²) in [6.07, 6.45) is 0.874. The Balaban J connectivity index is 2.20. The number of carbonyl (C=O) groups excluding carboxylic acids is 1. The van der Waals surface area contributed by atoms with E-state index in [0.29, 0.717) is 0 Å². The summed E-state index contributed by atoms with van der Waals surface area (Å²) in [7, 11) is 0. The molecule has 116 valence electrons. The SMILES string of the molecule is CC[C@H](NC(=O)c1ccc(C)c(C)c1)c1ccc(C)c(C)c1. The molecule has 2 heteroatoms. The van der Waals surface area contributed by atoms with E-state index in [1.165, 1.54) is 22.3 Å². The molecular formula is C20H25NO. The van der Waals surface area contributed by atoms with Crippen LogP contribution in [0, 0.1) is 27.7 Å². The molecule has 1 atom stereocenters. The Morgan fingerprint density at radius 2 is 1.50 bits per heavy atom. The second kappa shape index (κ2) is 6.78. The van der Waals surface area contributed by atoms with Crippen molar-refractivity contribution in [2.24, 2.45) is 0 Å². The summed E-state index contributed by atoms with van der Waals surface area (Å²) in [5.74, 6) is -0.00632. The lowest BCUT2D eigenvalue weighted by Crippen LogP contribution is -2.28. The van der Waals surface area contributed by atoms with Crippen LogP contribution in [0.25, 0.3) is 0 Å². The fourth-order valence-corrected chi connectivity index (χ4v) is 2.53. The molecule has 0 aliphatic rings. The zero-order valence-corrected chi connectivity index (χ0v) is 14.2. The minimum absolute atomic E-state index is 0.00632. The van der Waals surface area contributed by atoms with Crippen molar-refractivity contribution in [3.63, 3.8) is 0 Å². The molecule has 2 aromatic carbocycles. The number of benzene rings is 2. The topological polar surface area (TPSA) is 29.1 Å². The predicted octanol–water partition coefficient (Wildman–Crippen LogP) is 4.80. The minimum atomic E-state index is -0.00632. The molecule has 1 amide bonds. The lowest BCUT2D eigenvalue weighted by atomic mass is 9.99. The third kappa shape index (κ3) is 3.56. The summed E-state index contributed by atoms with van der Waals surface area (Å²) in [6, 6.07) is 12.3. The van der Waals surface area contributed by atoms with Crippen LogP contribution >= 0.6 is 0 Å². The molecule has 0 aliphatic heterocycles. The normalized spacial score (nSPS) is 12.0. The van der Waals surface area contributed by atoms with E-state index in [1.807, 2.05) is 25.1 Å². The van der Waals surface area contributed by atoms with Crippen molar-refractivity contribution in [1.82, 2.24) is 5.32 Å². The molecule has 0 aliphatic carbocycles. The fourth-order valence-electron chi connectivity index (χ4n) is 2.53. The summed E-state index contributed by atoms with van der Waals surface area (Å²) in [6.45, 7) is 10.4. The summed E-state index contributed by atoms with van der Waals surface area (Å²) in [4.78, 5) is 12.5. The van der Waals surface area contributed by atoms with Crippen LogP contribution in [-0.2, 0) is 0 Å². The van der Waals surface area contributed by atoms with Crippen LogP contribution in [-0.4, -0.2) is 5.91 Å². The van der Waals surface area contributed by atoms with Gasteiger partial charge < -0.3 is 5.32 Å². The maximum Gasteiger partial charge on any atom is 0.251 e. The Labute approximate surface area is 133 Å². The van der Waals surface area contributed by atoms with Crippen LogP contribution in [0.5, 0.6) is 0 Å². The van der Waals surface area contributed by atoms with E-state index < -0.39 is 0 Å². The van der Waals surface area contributed by atoms with Gasteiger partial charge in [0.25, 0.3) is 5.91 Å². The first-order chi connectivity index (χ1) is 10.4. The Morgan fingerprint density at radius 1 is 0.909 bits per heavy atom. The van der Waals surface area contributed by atoms with Crippen molar-refractivity contribution < 1.29 is 4.79 Å². The molecule has 0 bridgehead atoms. The van der Waals surface area contributed by atoms with Gasteiger partial charge in [-0.25, -0.2) is 0 Å². The smallest absolute Gasteiger partial charge is 0.251 e. The van der Waals surface area contributed by atoms with E-state index in [0.717, 1.165) is 17.5 Å². The summed E-state index contributed by atoms with van der Waals surface area (Å²) in [5, 5.41) is 3.15. The number of amides is 1. The number of aryl methyl sites for hydroxylation is 4. The van der Waals surface area contributed by atoms with Crippen molar-refractivity contribution in [2.45, 2.75) is 47.1 Å². The highest BCUT2D eigenvalue weighted by molar-refractivity contribution is 5.94. The summed E-state index contributed by atoms with van der Waals surface area (Å²) < 4.78 is 0. The van der Waals surface area contributed by atoms with Gasteiger partial charge in [0.15, 0.2) is 0 Å². The minimum Gasteiger partial charge on any atom is -0.345 e. The first-order valence-electron chi connectivity index (χ1n) is 7.87. The van der Waals surface area contributed by atoms with E-state index in [9.17, 15) is 4.79 Å². The van der Waals surface area contributed by atoms with Crippen LogP contribution in [0.2, 0.25) is 0 Å². The van der Waals surface area contributed by atoms with Gasteiger partial charge in [-0.15, -0.1) is 0 Å². The molecule has 22 heavy (non-hydrogen) atoms. The predicted molar refractivity (Wildman–Crippen MR) is 92.3 cm³/mol. The summed E-state index contributed by atoms with van der Waals surface area (Å²) >= 11 is 0. The first kappa shape index (κ1) is 16.3. The van der Waals surface area contributed by atoms with Crippen molar-refractivity contribution >= 4 is 5.91 Å². The van der Waals surface area contributed by atoms with Crippen LogP contribution in [0.15, 0.2) is 36.4 Å². The second-order valence-corrected chi connectivity index (χ2v) is 6.08. The zero-order valence-electron chi connectivity index (χ0n) is 14.2. The van der Waals surface area contributed by atoms with Gasteiger partial charge in [-0.3, -0.25) is 4.79 Å². The molecule has 0 radical (unpaired) electrons. The number of hydrogen-bond acceptors (Lipinski definition) is 1. The number of hydrogen-bond donors (Lipinski definition) is 1. The molecule has 2 aromatic rings. The molecule has 0 unspecified atom stereocenters. The first-order valence-corrected chi connectivity index (χ1v) is 7.87. The molecule has 0 heterocycles. The van der Waals surface area contributed by atoms with Crippen LogP contribution in [0.3, 0.4) is 0 Å². The quantitative estimate of drug-likeness (QED) is 0.862. The van der Waals surface area contributed by atoms with Crippen LogP contribution < -0.4 is 5.32 Å². The highest BCUT2D eigenvalue weighted by atomic mass is 16.1. The van der Waals surface area contributed by atoms with Gasteiger partial charge in [-0.2, -0.15) is 0 Å². The molecule has 0 saturated heterocycles. The Morgan fingerprint density at radius 3 is 2.05 bits per heavy atom. The average Bonchev–Trinajstić information content (AvgIpc) is 2.50. The third-order valence-electron chi connectivity index (χ3n) is 4.42. The maximum absolute atomic E-state index is 12.5. The van der Waals surface area contributed by atoms with Gasteiger partial charge in [-0.1, -0.05) is 31.2 Å². The van der Waals surface area contributed by atoms with Crippen LogP contribution in [0.1, 0.15) is 57.6 Å². The average molecular weight is 295 g/mol. The van der Waals surface area contributed by atoms with E-state index in [4.69, 9.17) is 0 Å². The van der Waals surface area contributed by atoms with Crippen molar-refractivity contribution in [1.29, 1.82) is 0 Å². The highest BCUT2D eigenvalue weighted by Crippen LogP contribution is 2.20. The second-order valence-electron chi connectivity index (χ2n) is 6.08. The van der Waals surface area contributed by atoms with E-state index in [2.05, 4.69) is 51.2 Å². The van der Waals surface area contributed by atoms with Gasteiger partial charge >= 0.3 is 0 Å². The largest absolute Gasteiger partial charge is 0.345 e. The zero-order chi connectivity index (χ0) is 16.3. The molecule has 0 spiro atoms. The summed E-state index contributed by atoms with van der Waals surface area (Å²) in [5.41, 5.74) is 6.79. The number of nitrogens with one attached hydrogen (secondary N) is 1. The van der Waals surface area contributed by atoms with Crippen molar-refractivity contribution in [3.05, 3.63) is 69.8 Å². The van der Waals surface area contributed by atoms with Gasteiger partial charge in [-0.05, 0) is 74.1 Å². The van der Waals surface area contributed by atoms with Gasteiger partial charge in [0.2, 0.25) is 0 Å². The maximum atomic E-state index is 12.5. The van der Waals surface area contributed by atoms with Crippen molar-refractivity contribution in [2.75, 3.05) is 0 Å². The number of rotatable bonds is 4. The molecule has 2 rings (SSSR count). The van der Waals surface area contributed by atoms with E-state index in [1.54, 1.807) is 0 Å². The molecule has 1 N–H and O–H groups in total. The molecule has 0 fully saturated rings. The van der Waals surface area contributed by atoms with Gasteiger partial charge in [0.05, 0.1) is 6.04 Å². The Hall–Kier alpha value is -2.09. The monoisotopic (exact) mass is 295 g/mol. The lowest BCUT2D eigenvalue weighted by Gasteiger charge is -2.19. The molecule has 0 aromatic heterocycles. The van der Waals surface area contributed by atoms with Gasteiger partial charge in [0, 0.05) is 5.56 Å². The fraction of sp³-hybridized carbons (Fsp3) is 0.350. The van der Waals surface area contributed by atoms with E-state index >= 15 is 0 Å². The molecular weight excluding hydrogens is 270 g/mol. The number of carbonyl (C=O) groups is 1. The lowest BCUT2D eigenvalue weighted by molar-refractivity contribution is 0.0935. The highest BCUT2D eigenvalue weighted by Gasteiger charge is 2.15. The van der Waals surface area contributed by atoms with E-state index in [-0.39, 0.29) is 11.9 Å². The Bertz CT molecular complexity index is 688. The molecule has 2 nitrogen and oxygen atoms in total. The standard InChI is InChI=1S/C20H25NO/c1-6-19(17-9-7-13(2)15(4)11-17)21-20(22)18-10-8-14(3)16(5)12-18/h7-12,19H,6H2,1-5H3,(H,21,22)/t19-/m0/s1. The van der Waals surface area contributed by atoms with Crippen molar-refractivity contribution in [3.8, 4) is 0 Å². The third-order valence-corrected chi connectivity index (χ3v) is 4.42. The molecule has 0 saturated carbocycles.